The van der Waals surface area contributed by atoms with Crippen molar-refractivity contribution in [2.45, 2.75) is 18.9 Å². The Labute approximate surface area is 109 Å². The standard InChI is InChI=1S/C13H14N2O2S/c1-8-3-2-4-9(5-8)12-14-13(17-15-12)10-6-18-7-11(10)16/h2-5,10-11,16H,6-7H2,1H3. The summed E-state index contributed by atoms with van der Waals surface area (Å²) in [5, 5.41) is 13.8. The molecule has 1 N–H and O–H groups in total. The van der Waals surface area contributed by atoms with Gasteiger partial charge in [-0.3, -0.25) is 0 Å². The van der Waals surface area contributed by atoms with Gasteiger partial charge in [-0.2, -0.15) is 16.7 Å². The van der Waals surface area contributed by atoms with E-state index < -0.39 is 0 Å². The SMILES string of the molecule is Cc1cccc(-c2noc(C3CSCC3O)n2)c1. The summed E-state index contributed by atoms with van der Waals surface area (Å²) in [7, 11) is 0. The summed E-state index contributed by atoms with van der Waals surface area (Å²) in [6.07, 6.45) is -0.374. The molecular weight excluding hydrogens is 248 g/mol. The molecule has 2 atom stereocenters. The maximum absolute atomic E-state index is 9.82. The van der Waals surface area contributed by atoms with E-state index in [1.165, 1.54) is 0 Å². The van der Waals surface area contributed by atoms with Crippen LogP contribution in [-0.2, 0) is 0 Å². The summed E-state index contributed by atoms with van der Waals surface area (Å²) < 4.78 is 5.28. The summed E-state index contributed by atoms with van der Waals surface area (Å²) in [5.74, 6) is 2.70. The third-order valence-corrected chi connectivity index (χ3v) is 4.26. The van der Waals surface area contributed by atoms with Crippen molar-refractivity contribution in [2.24, 2.45) is 0 Å². The molecule has 1 aliphatic rings. The number of hydrogen-bond donors (Lipinski definition) is 1. The van der Waals surface area contributed by atoms with Crippen LogP contribution in [0.15, 0.2) is 28.8 Å². The molecule has 1 aromatic carbocycles. The van der Waals surface area contributed by atoms with Gasteiger partial charge in [0.15, 0.2) is 0 Å². The maximum Gasteiger partial charge on any atom is 0.233 e. The number of aromatic nitrogens is 2. The molecule has 5 heteroatoms. The molecule has 2 unspecified atom stereocenters. The van der Waals surface area contributed by atoms with Gasteiger partial charge in [0.25, 0.3) is 0 Å². The van der Waals surface area contributed by atoms with Crippen molar-refractivity contribution in [3.63, 3.8) is 0 Å². The van der Waals surface area contributed by atoms with E-state index in [1.54, 1.807) is 11.8 Å². The molecule has 0 saturated carbocycles. The van der Waals surface area contributed by atoms with E-state index >= 15 is 0 Å². The van der Waals surface area contributed by atoms with Crippen LogP contribution in [0.4, 0.5) is 0 Å². The Hall–Kier alpha value is -1.33. The molecule has 94 valence electrons. The van der Waals surface area contributed by atoms with Gasteiger partial charge >= 0.3 is 0 Å². The van der Waals surface area contributed by atoms with Crippen LogP contribution >= 0.6 is 11.8 Å². The van der Waals surface area contributed by atoms with E-state index in [0.717, 1.165) is 22.6 Å². The number of aliphatic hydroxyl groups is 1. The number of hydrogen-bond acceptors (Lipinski definition) is 5. The van der Waals surface area contributed by atoms with E-state index in [1.807, 2.05) is 31.2 Å². The first-order valence-corrected chi connectivity index (χ1v) is 7.06. The van der Waals surface area contributed by atoms with Crippen LogP contribution in [0.1, 0.15) is 17.4 Å². The normalized spacial score (nSPS) is 23.4. The Balaban J connectivity index is 1.89. The van der Waals surface area contributed by atoms with Crippen LogP contribution in [0.25, 0.3) is 11.4 Å². The van der Waals surface area contributed by atoms with Gasteiger partial charge in [-0.25, -0.2) is 0 Å². The molecule has 0 bridgehead atoms. The first-order chi connectivity index (χ1) is 8.74. The molecule has 1 aliphatic heterocycles. The Morgan fingerprint density at radius 1 is 1.39 bits per heavy atom. The Morgan fingerprint density at radius 2 is 2.28 bits per heavy atom. The number of benzene rings is 1. The second-order valence-electron chi connectivity index (χ2n) is 4.54. The third-order valence-electron chi connectivity index (χ3n) is 3.09. The van der Waals surface area contributed by atoms with Crippen LogP contribution in [0.3, 0.4) is 0 Å². The van der Waals surface area contributed by atoms with E-state index in [4.69, 9.17) is 4.52 Å². The Kier molecular flexibility index (Phi) is 3.09. The fraction of sp³-hybridized carbons (Fsp3) is 0.385. The summed E-state index contributed by atoms with van der Waals surface area (Å²) >= 11 is 1.71. The first kappa shape index (κ1) is 11.7. The Bertz CT molecular complexity index is 555. The molecule has 1 aromatic heterocycles. The number of thioether (sulfide) groups is 1. The molecule has 0 spiro atoms. The van der Waals surface area contributed by atoms with Crippen LogP contribution in [0, 0.1) is 6.92 Å². The zero-order chi connectivity index (χ0) is 12.5. The minimum absolute atomic E-state index is 0.0268. The molecule has 4 nitrogen and oxygen atoms in total. The fourth-order valence-electron chi connectivity index (χ4n) is 2.07. The highest BCUT2D eigenvalue weighted by molar-refractivity contribution is 7.99. The second-order valence-corrected chi connectivity index (χ2v) is 5.61. The minimum atomic E-state index is -0.374. The molecule has 1 fully saturated rings. The monoisotopic (exact) mass is 262 g/mol. The van der Waals surface area contributed by atoms with Crippen LogP contribution in [0.2, 0.25) is 0 Å². The molecule has 0 radical (unpaired) electrons. The van der Waals surface area contributed by atoms with Gasteiger partial charge < -0.3 is 9.63 Å². The average molecular weight is 262 g/mol. The van der Waals surface area contributed by atoms with Gasteiger partial charge in [-0.15, -0.1) is 0 Å². The summed E-state index contributed by atoms with van der Waals surface area (Å²) in [5.41, 5.74) is 2.11. The highest BCUT2D eigenvalue weighted by Crippen LogP contribution is 2.32. The summed E-state index contributed by atoms with van der Waals surface area (Å²) in [6.45, 7) is 2.03. The molecule has 2 heterocycles. The predicted octanol–water partition coefficient (Wildman–Crippen LogP) is 2.24. The van der Waals surface area contributed by atoms with Crippen molar-refractivity contribution in [3.8, 4) is 11.4 Å². The fourth-order valence-corrected chi connectivity index (χ4v) is 3.29. The lowest BCUT2D eigenvalue weighted by atomic mass is 10.1. The van der Waals surface area contributed by atoms with Crippen molar-refractivity contribution in [1.29, 1.82) is 0 Å². The number of aryl methyl sites for hydroxylation is 1. The lowest BCUT2D eigenvalue weighted by Gasteiger charge is -2.06. The largest absolute Gasteiger partial charge is 0.391 e. The number of nitrogens with zero attached hydrogens (tertiary/aromatic N) is 2. The van der Waals surface area contributed by atoms with Gasteiger partial charge in [-0.05, 0) is 13.0 Å². The van der Waals surface area contributed by atoms with Crippen molar-refractivity contribution >= 4 is 11.8 Å². The minimum Gasteiger partial charge on any atom is -0.391 e. The van der Waals surface area contributed by atoms with Crippen molar-refractivity contribution < 1.29 is 9.63 Å². The van der Waals surface area contributed by atoms with Gasteiger partial charge in [0, 0.05) is 17.1 Å². The number of rotatable bonds is 2. The second kappa shape index (κ2) is 4.74. The van der Waals surface area contributed by atoms with Crippen LogP contribution in [0.5, 0.6) is 0 Å². The first-order valence-electron chi connectivity index (χ1n) is 5.90. The van der Waals surface area contributed by atoms with Crippen LogP contribution in [-0.4, -0.2) is 32.9 Å². The van der Waals surface area contributed by atoms with E-state index in [-0.39, 0.29) is 12.0 Å². The number of aliphatic hydroxyl groups excluding tert-OH is 1. The molecule has 1 saturated heterocycles. The van der Waals surface area contributed by atoms with Gasteiger partial charge in [-0.1, -0.05) is 28.9 Å². The van der Waals surface area contributed by atoms with Crippen LogP contribution < -0.4 is 0 Å². The molecule has 18 heavy (non-hydrogen) atoms. The lowest BCUT2D eigenvalue weighted by Crippen LogP contribution is -2.15. The van der Waals surface area contributed by atoms with Gasteiger partial charge in [0.05, 0.1) is 12.0 Å². The molecule has 2 aromatic rings. The highest BCUT2D eigenvalue weighted by Gasteiger charge is 2.32. The van der Waals surface area contributed by atoms with E-state index in [9.17, 15) is 5.11 Å². The summed E-state index contributed by atoms with van der Waals surface area (Å²) in [6, 6.07) is 7.98. The topological polar surface area (TPSA) is 59.2 Å². The van der Waals surface area contributed by atoms with E-state index in [0.29, 0.717) is 11.7 Å². The average Bonchev–Trinajstić information content (AvgIpc) is 2.97. The maximum atomic E-state index is 9.82. The third kappa shape index (κ3) is 2.15. The van der Waals surface area contributed by atoms with Crippen molar-refractivity contribution in [3.05, 3.63) is 35.7 Å². The predicted molar refractivity (Wildman–Crippen MR) is 70.5 cm³/mol. The van der Waals surface area contributed by atoms with Crippen molar-refractivity contribution in [2.75, 3.05) is 11.5 Å². The molecule has 3 rings (SSSR count). The molecule has 0 aliphatic carbocycles. The van der Waals surface area contributed by atoms with E-state index in [2.05, 4.69) is 10.1 Å². The van der Waals surface area contributed by atoms with Gasteiger partial charge in [0.2, 0.25) is 11.7 Å². The Morgan fingerprint density at radius 3 is 3.00 bits per heavy atom. The lowest BCUT2D eigenvalue weighted by molar-refractivity contribution is 0.164. The van der Waals surface area contributed by atoms with Gasteiger partial charge in [0.1, 0.15) is 0 Å². The zero-order valence-corrected chi connectivity index (χ0v) is 10.9. The summed E-state index contributed by atoms with van der Waals surface area (Å²) in [4.78, 5) is 4.40. The molecular formula is C13H14N2O2S. The zero-order valence-electron chi connectivity index (χ0n) is 10.0. The highest BCUT2D eigenvalue weighted by atomic mass is 32.2. The molecule has 0 amide bonds. The smallest absolute Gasteiger partial charge is 0.233 e. The van der Waals surface area contributed by atoms with Crippen molar-refractivity contribution in [1.82, 2.24) is 10.1 Å². The quantitative estimate of drug-likeness (QED) is 0.899.